The standard InChI is InChI=1S/C14H20N2O3/c1-9(10-5-6-19-8-10)16-11-3-4-13(15)12(7-11)14(17)18-2/h3-4,7,9-10,16H,5-6,8,15H2,1-2H3. The third-order valence-electron chi connectivity index (χ3n) is 3.52. The SMILES string of the molecule is COC(=O)c1cc(NC(C)C2CCOC2)ccc1N. The monoisotopic (exact) mass is 264 g/mol. The van der Waals surface area contributed by atoms with E-state index in [4.69, 9.17) is 15.2 Å². The van der Waals surface area contributed by atoms with Crippen LogP contribution in [0.25, 0.3) is 0 Å². The molecule has 1 heterocycles. The van der Waals surface area contributed by atoms with Crippen molar-refractivity contribution in [3.63, 3.8) is 0 Å². The Kier molecular flexibility index (Phi) is 4.27. The van der Waals surface area contributed by atoms with Crippen molar-refractivity contribution in [1.82, 2.24) is 0 Å². The Labute approximate surface area is 113 Å². The Morgan fingerprint density at radius 3 is 3.00 bits per heavy atom. The summed E-state index contributed by atoms with van der Waals surface area (Å²) in [5.41, 5.74) is 7.46. The second-order valence-corrected chi connectivity index (χ2v) is 4.85. The van der Waals surface area contributed by atoms with Crippen LogP contribution in [0.3, 0.4) is 0 Å². The van der Waals surface area contributed by atoms with Crippen molar-refractivity contribution in [2.24, 2.45) is 5.92 Å². The van der Waals surface area contributed by atoms with Crippen molar-refractivity contribution in [1.29, 1.82) is 0 Å². The van der Waals surface area contributed by atoms with E-state index in [-0.39, 0.29) is 6.04 Å². The van der Waals surface area contributed by atoms with Crippen LogP contribution in [-0.4, -0.2) is 32.3 Å². The number of rotatable bonds is 4. The van der Waals surface area contributed by atoms with Gasteiger partial charge in [-0.15, -0.1) is 0 Å². The van der Waals surface area contributed by atoms with Gasteiger partial charge < -0.3 is 20.5 Å². The number of hydrogen-bond acceptors (Lipinski definition) is 5. The van der Waals surface area contributed by atoms with Crippen molar-refractivity contribution in [3.8, 4) is 0 Å². The fourth-order valence-corrected chi connectivity index (χ4v) is 2.26. The molecule has 5 nitrogen and oxygen atoms in total. The summed E-state index contributed by atoms with van der Waals surface area (Å²) in [5.74, 6) is 0.0807. The van der Waals surface area contributed by atoms with E-state index in [0.717, 1.165) is 25.3 Å². The largest absolute Gasteiger partial charge is 0.465 e. The molecule has 19 heavy (non-hydrogen) atoms. The molecule has 0 aromatic heterocycles. The maximum atomic E-state index is 11.6. The maximum absolute atomic E-state index is 11.6. The van der Waals surface area contributed by atoms with Gasteiger partial charge in [0.1, 0.15) is 0 Å². The van der Waals surface area contributed by atoms with E-state index >= 15 is 0 Å². The quantitative estimate of drug-likeness (QED) is 0.641. The summed E-state index contributed by atoms with van der Waals surface area (Å²) in [5, 5.41) is 3.39. The molecular formula is C14H20N2O3. The average molecular weight is 264 g/mol. The van der Waals surface area contributed by atoms with Gasteiger partial charge in [-0.1, -0.05) is 0 Å². The Morgan fingerprint density at radius 2 is 2.37 bits per heavy atom. The summed E-state index contributed by atoms with van der Waals surface area (Å²) >= 11 is 0. The second-order valence-electron chi connectivity index (χ2n) is 4.85. The first-order valence-electron chi connectivity index (χ1n) is 6.44. The van der Waals surface area contributed by atoms with E-state index in [0.29, 0.717) is 17.2 Å². The van der Waals surface area contributed by atoms with E-state index in [1.807, 2.05) is 6.07 Å². The number of nitrogens with two attached hydrogens (primary N) is 1. The summed E-state index contributed by atoms with van der Waals surface area (Å²) in [6.07, 6.45) is 1.06. The minimum atomic E-state index is -0.419. The molecule has 3 N–H and O–H groups in total. The van der Waals surface area contributed by atoms with E-state index in [1.54, 1.807) is 12.1 Å². The first-order valence-corrected chi connectivity index (χ1v) is 6.44. The third kappa shape index (κ3) is 3.17. The highest BCUT2D eigenvalue weighted by Crippen LogP contribution is 2.23. The highest BCUT2D eigenvalue weighted by molar-refractivity contribution is 5.96. The zero-order chi connectivity index (χ0) is 13.8. The lowest BCUT2D eigenvalue weighted by Gasteiger charge is -2.21. The van der Waals surface area contributed by atoms with Gasteiger partial charge in [-0.3, -0.25) is 0 Å². The molecule has 0 spiro atoms. The second kappa shape index (κ2) is 5.93. The minimum Gasteiger partial charge on any atom is -0.465 e. The topological polar surface area (TPSA) is 73.6 Å². The number of esters is 1. The molecule has 104 valence electrons. The lowest BCUT2D eigenvalue weighted by molar-refractivity contribution is 0.0602. The Hall–Kier alpha value is -1.75. The molecule has 1 aromatic rings. The summed E-state index contributed by atoms with van der Waals surface area (Å²) in [6, 6.07) is 5.60. The molecule has 0 radical (unpaired) electrons. The molecule has 5 heteroatoms. The van der Waals surface area contributed by atoms with E-state index in [9.17, 15) is 4.79 Å². The number of hydrogen-bond donors (Lipinski definition) is 2. The van der Waals surface area contributed by atoms with Crippen molar-refractivity contribution in [2.45, 2.75) is 19.4 Å². The normalized spacial score (nSPS) is 20.0. The van der Waals surface area contributed by atoms with Crippen LogP contribution in [-0.2, 0) is 9.47 Å². The molecular weight excluding hydrogens is 244 g/mol. The van der Waals surface area contributed by atoms with Gasteiger partial charge in [0, 0.05) is 29.9 Å². The number of carbonyl (C=O) groups excluding carboxylic acids is 1. The molecule has 1 fully saturated rings. The molecule has 1 aromatic carbocycles. The molecule has 0 aliphatic carbocycles. The van der Waals surface area contributed by atoms with Crippen LogP contribution in [0, 0.1) is 5.92 Å². The van der Waals surface area contributed by atoms with E-state index in [2.05, 4.69) is 12.2 Å². The molecule has 2 unspecified atom stereocenters. The number of methoxy groups -OCH3 is 1. The van der Waals surface area contributed by atoms with Gasteiger partial charge in [0.15, 0.2) is 0 Å². The fraction of sp³-hybridized carbons (Fsp3) is 0.500. The zero-order valence-electron chi connectivity index (χ0n) is 11.3. The molecule has 2 atom stereocenters. The van der Waals surface area contributed by atoms with Gasteiger partial charge in [-0.05, 0) is 31.5 Å². The number of nitrogen functional groups attached to an aromatic ring is 1. The number of carbonyl (C=O) groups is 1. The molecule has 0 amide bonds. The predicted octanol–water partition coefficient (Wildman–Crippen LogP) is 1.89. The Balaban J connectivity index is 2.10. The molecule has 1 aliphatic rings. The molecule has 0 saturated carbocycles. The van der Waals surface area contributed by atoms with Crippen molar-refractivity contribution >= 4 is 17.3 Å². The average Bonchev–Trinajstić information content (AvgIpc) is 2.94. The first kappa shape index (κ1) is 13.7. The highest BCUT2D eigenvalue weighted by Gasteiger charge is 2.22. The number of benzene rings is 1. The van der Waals surface area contributed by atoms with Crippen molar-refractivity contribution < 1.29 is 14.3 Å². The van der Waals surface area contributed by atoms with Gasteiger partial charge in [0.25, 0.3) is 0 Å². The summed E-state index contributed by atoms with van der Waals surface area (Å²) in [6.45, 7) is 3.73. The zero-order valence-corrected chi connectivity index (χ0v) is 11.3. The lowest BCUT2D eigenvalue weighted by atomic mass is 10.0. The Morgan fingerprint density at radius 1 is 1.58 bits per heavy atom. The first-order chi connectivity index (χ1) is 9.11. The third-order valence-corrected chi connectivity index (χ3v) is 3.52. The van der Waals surface area contributed by atoms with Crippen LogP contribution in [0.5, 0.6) is 0 Å². The number of anilines is 2. The van der Waals surface area contributed by atoms with Crippen LogP contribution < -0.4 is 11.1 Å². The van der Waals surface area contributed by atoms with Gasteiger partial charge in [0.2, 0.25) is 0 Å². The van der Waals surface area contributed by atoms with Crippen molar-refractivity contribution in [3.05, 3.63) is 23.8 Å². The highest BCUT2D eigenvalue weighted by atomic mass is 16.5. The predicted molar refractivity (Wildman–Crippen MR) is 74.2 cm³/mol. The summed E-state index contributed by atoms with van der Waals surface area (Å²) in [7, 11) is 1.35. The van der Waals surface area contributed by atoms with Crippen LogP contribution in [0.2, 0.25) is 0 Å². The number of ether oxygens (including phenoxy) is 2. The molecule has 0 bridgehead atoms. The van der Waals surface area contributed by atoms with Crippen LogP contribution in [0.1, 0.15) is 23.7 Å². The van der Waals surface area contributed by atoms with Gasteiger partial charge in [-0.2, -0.15) is 0 Å². The summed E-state index contributed by atoms with van der Waals surface area (Å²) in [4.78, 5) is 11.6. The van der Waals surface area contributed by atoms with E-state index in [1.165, 1.54) is 7.11 Å². The summed E-state index contributed by atoms with van der Waals surface area (Å²) < 4.78 is 10.1. The Bertz CT molecular complexity index is 456. The van der Waals surface area contributed by atoms with E-state index < -0.39 is 5.97 Å². The smallest absolute Gasteiger partial charge is 0.340 e. The van der Waals surface area contributed by atoms with Gasteiger partial charge >= 0.3 is 5.97 Å². The van der Waals surface area contributed by atoms with Gasteiger partial charge in [0.05, 0.1) is 19.3 Å². The lowest BCUT2D eigenvalue weighted by Crippen LogP contribution is -2.26. The van der Waals surface area contributed by atoms with Gasteiger partial charge in [-0.25, -0.2) is 4.79 Å². The number of nitrogens with one attached hydrogen (secondary N) is 1. The maximum Gasteiger partial charge on any atom is 0.340 e. The van der Waals surface area contributed by atoms with Crippen LogP contribution >= 0.6 is 0 Å². The molecule has 1 aliphatic heterocycles. The van der Waals surface area contributed by atoms with Crippen LogP contribution in [0.4, 0.5) is 11.4 Å². The van der Waals surface area contributed by atoms with Crippen molar-refractivity contribution in [2.75, 3.05) is 31.4 Å². The minimum absolute atomic E-state index is 0.289. The molecule has 1 saturated heterocycles. The van der Waals surface area contributed by atoms with Crippen LogP contribution in [0.15, 0.2) is 18.2 Å². The fourth-order valence-electron chi connectivity index (χ4n) is 2.26. The molecule has 2 rings (SSSR count).